The summed E-state index contributed by atoms with van der Waals surface area (Å²) < 4.78 is 5.48. The lowest BCUT2D eigenvalue weighted by Gasteiger charge is -2.35. The van der Waals surface area contributed by atoms with Crippen molar-refractivity contribution in [2.75, 3.05) is 65.4 Å². The normalized spacial score (nSPS) is 20.2. The fraction of sp³-hybridized carbons (Fsp3) is 0.600. The molecule has 7 nitrogen and oxygen atoms in total. The van der Waals surface area contributed by atoms with Crippen molar-refractivity contribution in [2.24, 2.45) is 0 Å². The summed E-state index contributed by atoms with van der Waals surface area (Å²) in [7, 11) is 0. The van der Waals surface area contributed by atoms with Gasteiger partial charge in [0.1, 0.15) is 0 Å². The number of aryl methyl sites for hydroxylation is 1. The Labute approximate surface area is 161 Å². The van der Waals surface area contributed by atoms with Gasteiger partial charge in [0.2, 0.25) is 11.7 Å². The molecule has 27 heavy (non-hydrogen) atoms. The van der Waals surface area contributed by atoms with E-state index in [0.717, 1.165) is 51.4 Å². The second-order valence-electron chi connectivity index (χ2n) is 7.59. The zero-order valence-electron chi connectivity index (χ0n) is 16.2. The topological polar surface area (TPSA) is 60.7 Å². The summed E-state index contributed by atoms with van der Waals surface area (Å²) in [6, 6.07) is 8.23. The van der Waals surface area contributed by atoms with Gasteiger partial charge in [-0.3, -0.25) is 14.7 Å². The molecule has 0 amide bonds. The van der Waals surface area contributed by atoms with Gasteiger partial charge in [-0.1, -0.05) is 35.0 Å². The highest BCUT2D eigenvalue weighted by Gasteiger charge is 2.20. The van der Waals surface area contributed by atoms with Crippen LogP contribution >= 0.6 is 0 Å². The largest absolute Gasteiger partial charge is 0.338 e. The summed E-state index contributed by atoms with van der Waals surface area (Å²) in [6.45, 7) is 14.1. The number of piperazine rings is 2. The van der Waals surface area contributed by atoms with Gasteiger partial charge in [-0.05, 0) is 6.92 Å². The lowest BCUT2D eigenvalue weighted by Crippen LogP contribution is -2.50. The summed E-state index contributed by atoms with van der Waals surface area (Å²) >= 11 is 0. The molecule has 2 fully saturated rings. The third kappa shape index (κ3) is 5.13. The average Bonchev–Trinajstić information content (AvgIpc) is 3.17. The number of nitrogens with zero attached hydrogens (tertiary/aromatic N) is 5. The van der Waals surface area contributed by atoms with Gasteiger partial charge in [-0.15, -0.1) is 0 Å². The van der Waals surface area contributed by atoms with E-state index >= 15 is 0 Å². The van der Waals surface area contributed by atoms with Gasteiger partial charge in [0.15, 0.2) is 0 Å². The Balaban J connectivity index is 1.22. The maximum absolute atomic E-state index is 5.48. The predicted octanol–water partition coefficient (Wildman–Crippen LogP) is 1.07. The molecule has 0 aliphatic carbocycles. The highest BCUT2D eigenvalue weighted by molar-refractivity contribution is 5.54. The SMILES string of the molecule is Cc1ccc(-c2noc(CN3CCN(CCN4CCNCC4)CC3)n2)cc1. The average molecular weight is 371 g/mol. The van der Waals surface area contributed by atoms with Gasteiger partial charge in [0, 0.05) is 71.0 Å². The van der Waals surface area contributed by atoms with Gasteiger partial charge in [-0.25, -0.2) is 0 Å². The van der Waals surface area contributed by atoms with E-state index in [2.05, 4.69) is 49.2 Å². The summed E-state index contributed by atoms with van der Waals surface area (Å²) in [6.07, 6.45) is 0. The van der Waals surface area contributed by atoms with E-state index in [1.807, 2.05) is 12.1 Å². The molecule has 1 N–H and O–H groups in total. The van der Waals surface area contributed by atoms with Crippen LogP contribution in [0.25, 0.3) is 11.4 Å². The summed E-state index contributed by atoms with van der Waals surface area (Å²) in [4.78, 5) is 12.1. The summed E-state index contributed by atoms with van der Waals surface area (Å²) in [5, 5.41) is 7.56. The third-order valence-corrected chi connectivity index (χ3v) is 5.54. The van der Waals surface area contributed by atoms with E-state index in [1.165, 1.54) is 31.7 Å². The fourth-order valence-electron chi connectivity index (χ4n) is 3.72. The van der Waals surface area contributed by atoms with Crippen LogP contribution in [0.1, 0.15) is 11.5 Å². The van der Waals surface area contributed by atoms with E-state index < -0.39 is 0 Å². The van der Waals surface area contributed by atoms with Crippen LogP contribution in [0, 0.1) is 6.92 Å². The first-order valence-corrected chi connectivity index (χ1v) is 10.0. The van der Waals surface area contributed by atoms with E-state index in [4.69, 9.17) is 4.52 Å². The minimum atomic E-state index is 0.680. The van der Waals surface area contributed by atoms with Crippen LogP contribution in [0.15, 0.2) is 28.8 Å². The van der Waals surface area contributed by atoms with Crippen molar-refractivity contribution in [3.05, 3.63) is 35.7 Å². The van der Waals surface area contributed by atoms with Gasteiger partial charge >= 0.3 is 0 Å². The second kappa shape index (κ2) is 8.93. The Bertz CT molecular complexity index is 702. The van der Waals surface area contributed by atoms with E-state index in [0.29, 0.717) is 11.7 Å². The first-order valence-electron chi connectivity index (χ1n) is 10.0. The Hall–Kier alpha value is -1.80. The number of rotatable bonds is 6. The van der Waals surface area contributed by atoms with Crippen LogP contribution in [0.4, 0.5) is 0 Å². The molecule has 2 aliphatic heterocycles. The molecule has 1 aromatic heterocycles. The van der Waals surface area contributed by atoms with Crippen molar-refractivity contribution in [1.29, 1.82) is 0 Å². The van der Waals surface area contributed by atoms with Crippen molar-refractivity contribution in [3.8, 4) is 11.4 Å². The Morgan fingerprint density at radius 3 is 2.22 bits per heavy atom. The van der Waals surface area contributed by atoms with Gasteiger partial charge in [0.25, 0.3) is 0 Å². The number of hydrogen-bond acceptors (Lipinski definition) is 7. The predicted molar refractivity (Wildman–Crippen MR) is 105 cm³/mol. The molecule has 4 rings (SSSR count). The van der Waals surface area contributed by atoms with Crippen molar-refractivity contribution < 1.29 is 4.52 Å². The number of hydrogen-bond donors (Lipinski definition) is 1. The quantitative estimate of drug-likeness (QED) is 0.816. The van der Waals surface area contributed by atoms with Crippen LogP contribution in [-0.4, -0.2) is 90.3 Å². The highest BCUT2D eigenvalue weighted by Crippen LogP contribution is 2.17. The lowest BCUT2D eigenvalue weighted by atomic mass is 10.1. The van der Waals surface area contributed by atoms with Crippen LogP contribution in [0.2, 0.25) is 0 Å². The third-order valence-electron chi connectivity index (χ3n) is 5.54. The van der Waals surface area contributed by atoms with Crippen molar-refractivity contribution in [2.45, 2.75) is 13.5 Å². The zero-order chi connectivity index (χ0) is 18.5. The number of aromatic nitrogens is 2. The van der Waals surface area contributed by atoms with Crippen molar-refractivity contribution in [1.82, 2.24) is 30.2 Å². The van der Waals surface area contributed by atoms with Crippen molar-refractivity contribution >= 4 is 0 Å². The molecular formula is C20H30N6O. The molecule has 0 unspecified atom stereocenters. The lowest BCUT2D eigenvalue weighted by molar-refractivity contribution is 0.104. The van der Waals surface area contributed by atoms with Gasteiger partial charge < -0.3 is 9.84 Å². The van der Waals surface area contributed by atoms with E-state index in [9.17, 15) is 0 Å². The molecular weight excluding hydrogens is 340 g/mol. The van der Waals surface area contributed by atoms with Gasteiger partial charge in [-0.2, -0.15) is 4.98 Å². The maximum Gasteiger partial charge on any atom is 0.241 e. The van der Waals surface area contributed by atoms with Crippen LogP contribution in [0.3, 0.4) is 0 Å². The smallest absolute Gasteiger partial charge is 0.241 e. The number of benzene rings is 1. The first-order chi connectivity index (χ1) is 13.3. The summed E-state index contributed by atoms with van der Waals surface area (Å²) in [5.74, 6) is 1.39. The molecule has 0 radical (unpaired) electrons. The molecule has 0 saturated carbocycles. The Morgan fingerprint density at radius 1 is 0.889 bits per heavy atom. The number of nitrogens with one attached hydrogen (secondary N) is 1. The standard InChI is InChI=1S/C20H30N6O/c1-17-2-4-18(5-3-17)20-22-19(27-23-20)16-26-14-12-25(13-15-26)11-10-24-8-6-21-7-9-24/h2-5,21H,6-16H2,1H3. The molecule has 1 aromatic carbocycles. The molecule has 2 saturated heterocycles. The maximum atomic E-state index is 5.48. The molecule has 2 aromatic rings. The monoisotopic (exact) mass is 370 g/mol. The Morgan fingerprint density at radius 2 is 1.52 bits per heavy atom. The molecule has 0 bridgehead atoms. The van der Waals surface area contributed by atoms with E-state index in [1.54, 1.807) is 0 Å². The molecule has 2 aliphatic rings. The molecule has 3 heterocycles. The Kier molecular flexibility index (Phi) is 6.14. The minimum absolute atomic E-state index is 0.680. The van der Waals surface area contributed by atoms with Crippen LogP contribution in [0.5, 0.6) is 0 Å². The summed E-state index contributed by atoms with van der Waals surface area (Å²) in [5.41, 5.74) is 2.24. The first kappa shape index (κ1) is 18.6. The van der Waals surface area contributed by atoms with Gasteiger partial charge in [0.05, 0.1) is 6.54 Å². The molecule has 7 heteroatoms. The molecule has 0 spiro atoms. The van der Waals surface area contributed by atoms with E-state index in [-0.39, 0.29) is 0 Å². The molecule has 146 valence electrons. The minimum Gasteiger partial charge on any atom is -0.338 e. The van der Waals surface area contributed by atoms with Crippen LogP contribution < -0.4 is 5.32 Å². The van der Waals surface area contributed by atoms with Crippen molar-refractivity contribution in [3.63, 3.8) is 0 Å². The molecule has 0 atom stereocenters. The fourth-order valence-corrected chi connectivity index (χ4v) is 3.72. The highest BCUT2D eigenvalue weighted by atomic mass is 16.5. The second-order valence-corrected chi connectivity index (χ2v) is 7.59. The zero-order valence-corrected chi connectivity index (χ0v) is 16.2. The van der Waals surface area contributed by atoms with Crippen LogP contribution in [-0.2, 0) is 6.54 Å².